The van der Waals surface area contributed by atoms with Gasteiger partial charge in [0.2, 0.25) is 5.91 Å². The van der Waals surface area contributed by atoms with Crippen molar-refractivity contribution >= 4 is 17.7 Å². The van der Waals surface area contributed by atoms with E-state index in [-0.39, 0.29) is 17.3 Å². The summed E-state index contributed by atoms with van der Waals surface area (Å²) in [4.78, 5) is 13.7. The Morgan fingerprint density at radius 1 is 1.33 bits per heavy atom. The Balaban J connectivity index is 2.26. The van der Waals surface area contributed by atoms with Gasteiger partial charge in [0.05, 0.1) is 5.75 Å². The number of thioether (sulfide) groups is 1. The molecule has 0 aromatic heterocycles. The summed E-state index contributed by atoms with van der Waals surface area (Å²) in [5, 5.41) is 0.207. The Bertz CT molecular complexity index is 350. The third-order valence-electron chi connectivity index (χ3n) is 2.55. The second-order valence-corrected chi connectivity index (χ2v) is 5.04. The fourth-order valence-electron chi connectivity index (χ4n) is 1.87. The molecule has 0 radical (unpaired) electrons. The lowest BCUT2D eigenvalue weighted by molar-refractivity contribution is -0.129. The van der Waals surface area contributed by atoms with Gasteiger partial charge >= 0.3 is 0 Å². The number of hydrogen-bond acceptors (Lipinski definition) is 2. The molecule has 1 aliphatic rings. The normalized spacial score (nSPS) is 21.4. The first kappa shape index (κ1) is 10.6. The molecule has 1 aromatic rings. The minimum atomic E-state index is 0.207. The zero-order valence-corrected chi connectivity index (χ0v) is 9.83. The average Bonchev–Trinajstić information content (AvgIpc) is 2.61. The summed E-state index contributed by atoms with van der Waals surface area (Å²) in [6.45, 7) is 4.14. The lowest BCUT2D eigenvalue weighted by Gasteiger charge is -2.27. The quantitative estimate of drug-likeness (QED) is 0.765. The smallest absolute Gasteiger partial charge is 0.234 e. The first-order valence-electron chi connectivity index (χ1n) is 5.18. The third kappa shape index (κ3) is 2.02. The topological polar surface area (TPSA) is 20.3 Å². The van der Waals surface area contributed by atoms with Gasteiger partial charge in [0, 0.05) is 6.04 Å². The van der Waals surface area contributed by atoms with Gasteiger partial charge in [-0.05, 0) is 19.4 Å². The van der Waals surface area contributed by atoms with E-state index < -0.39 is 0 Å². The monoisotopic (exact) mass is 221 g/mol. The number of amides is 1. The fourth-order valence-corrected chi connectivity index (χ4v) is 3.19. The van der Waals surface area contributed by atoms with E-state index in [2.05, 4.69) is 26.0 Å². The molecule has 0 bridgehead atoms. The van der Waals surface area contributed by atoms with Gasteiger partial charge in [0.25, 0.3) is 0 Å². The Hall–Kier alpha value is -0.960. The standard InChI is InChI=1S/C12H15NOS/c1-9(2)13-11(14)8-15-12(13)10-6-4-3-5-7-10/h3-7,9,12H,8H2,1-2H3/t12-/m0/s1. The van der Waals surface area contributed by atoms with Crippen molar-refractivity contribution in [3.8, 4) is 0 Å². The molecule has 1 fully saturated rings. The minimum absolute atomic E-state index is 0.207. The van der Waals surface area contributed by atoms with Gasteiger partial charge in [-0.15, -0.1) is 11.8 Å². The highest BCUT2D eigenvalue weighted by atomic mass is 32.2. The zero-order valence-electron chi connectivity index (χ0n) is 9.01. The first-order chi connectivity index (χ1) is 7.20. The van der Waals surface area contributed by atoms with E-state index in [1.54, 1.807) is 11.8 Å². The van der Waals surface area contributed by atoms with E-state index in [4.69, 9.17) is 0 Å². The van der Waals surface area contributed by atoms with Crippen LogP contribution >= 0.6 is 11.8 Å². The minimum Gasteiger partial charge on any atom is -0.323 e. The average molecular weight is 221 g/mol. The Labute approximate surface area is 94.7 Å². The second kappa shape index (κ2) is 4.27. The van der Waals surface area contributed by atoms with Crippen LogP contribution in [0.2, 0.25) is 0 Å². The van der Waals surface area contributed by atoms with Crippen molar-refractivity contribution in [2.45, 2.75) is 25.3 Å². The van der Waals surface area contributed by atoms with Crippen LogP contribution in [0.1, 0.15) is 24.8 Å². The second-order valence-electron chi connectivity index (χ2n) is 3.97. The molecular formula is C12H15NOS. The molecule has 1 saturated heterocycles. The summed E-state index contributed by atoms with van der Waals surface area (Å²) >= 11 is 1.72. The summed E-state index contributed by atoms with van der Waals surface area (Å²) in [6, 6.07) is 10.5. The van der Waals surface area contributed by atoms with Crippen LogP contribution in [0.3, 0.4) is 0 Å². The van der Waals surface area contributed by atoms with Gasteiger partial charge in [0.15, 0.2) is 0 Å². The predicted octanol–water partition coefficient (Wildman–Crippen LogP) is 2.67. The summed E-state index contributed by atoms with van der Waals surface area (Å²) in [6.07, 6.45) is 0. The molecule has 1 aliphatic heterocycles. The molecule has 3 heteroatoms. The van der Waals surface area contributed by atoms with Gasteiger partial charge in [-0.3, -0.25) is 4.79 Å². The molecule has 2 rings (SSSR count). The summed E-state index contributed by atoms with van der Waals surface area (Å²) < 4.78 is 0. The van der Waals surface area contributed by atoms with Crippen molar-refractivity contribution in [2.24, 2.45) is 0 Å². The number of carbonyl (C=O) groups excluding carboxylic acids is 1. The summed E-state index contributed by atoms with van der Waals surface area (Å²) in [5.74, 6) is 0.862. The van der Waals surface area contributed by atoms with Gasteiger partial charge in [-0.2, -0.15) is 0 Å². The van der Waals surface area contributed by atoms with Crippen LogP contribution in [-0.4, -0.2) is 22.6 Å². The van der Waals surface area contributed by atoms with Crippen LogP contribution in [0.25, 0.3) is 0 Å². The van der Waals surface area contributed by atoms with Crippen LogP contribution in [0, 0.1) is 0 Å². The summed E-state index contributed by atoms with van der Waals surface area (Å²) in [5.41, 5.74) is 1.22. The summed E-state index contributed by atoms with van der Waals surface area (Å²) in [7, 11) is 0. The highest BCUT2D eigenvalue weighted by Gasteiger charge is 2.34. The molecule has 15 heavy (non-hydrogen) atoms. The Morgan fingerprint density at radius 3 is 2.60 bits per heavy atom. The zero-order chi connectivity index (χ0) is 10.8. The van der Waals surface area contributed by atoms with Gasteiger partial charge in [-0.1, -0.05) is 30.3 Å². The molecule has 0 spiro atoms. The maximum Gasteiger partial charge on any atom is 0.234 e. The van der Waals surface area contributed by atoms with Crippen LogP contribution in [-0.2, 0) is 4.79 Å². The lowest BCUT2D eigenvalue weighted by atomic mass is 10.2. The third-order valence-corrected chi connectivity index (χ3v) is 3.78. The van der Waals surface area contributed by atoms with E-state index in [0.29, 0.717) is 5.75 Å². The number of benzene rings is 1. The maximum atomic E-state index is 11.7. The molecule has 0 unspecified atom stereocenters. The van der Waals surface area contributed by atoms with E-state index >= 15 is 0 Å². The van der Waals surface area contributed by atoms with Crippen molar-refractivity contribution in [3.05, 3.63) is 35.9 Å². The highest BCUT2D eigenvalue weighted by molar-refractivity contribution is 8.00. The van der Waals surface area contributed by atoms with Gasteiger partial charge in [-0.25, -0.2) is 0 Å². The van der Waals surface area contributed by atoms with Crippen molar-refractivity contribution < 1.29 is 4.79 Å². The lowest BCUT2D eigenvalue weighted by Crippen LogP contribution is -2.34. The van der Waals surface area contributed by atoms with Gasteiger partial charge in [0.1, 0.15) is 5.37 Å². The van der Waals surface area contributed by atoms with Crippen molar-refractivity contribution in [1.82, 2.24) is 4.90 Å². The molecule has 2 nitrogen and oxygen atoms in total. The fraction of sp³-hybridized carbons (Fsp3) is 0.417. The number of nitrogens with zero attached hydrogens (tertiary/aromatic N) is 1. The molecule has 1 atom stereocenters. The van der Waals surface area contributed by atoms with Crippen molar-refractivity contribution in [2.75, 3.05) is 5.75 Å². The molecule has 0 aliphatic carbocycles. The Morgan fingerprint density at radius 2 is 2.00 bits per heavy atom. The van der Waals surface area contributed by atoms with Crippen LogP contribution in [0.4, 0.5) is 0 Å². The van der Waals surface area contributed by atoms with Crippen molar-refractivity contribution in [3.63, 3.8) is 0 Å². The maximum absolute atomic E-state index is 11.7. The number of carbonyl (C=O) groups is 1. The first-order valence-corrected chi connectivity index (χ1v) is 6.22. The number of hydrogen-bond donors (Lipinski definition) is 0. The SMILES string of the molecule is CC(C)N1C(=O)CS[C@H]1c1ccccc1. The van der Waals surface area contributed by atoms with Crippen LogP contribution in [0.15, 0.2) is 30.3 Å². The molecule has 1 amide bonds. The molecule has 0 saturated carbocycles. The van der Waals surface area contributed by atoms with E-state index in [0.717, 1.165) is 0 Å². The Kier molecular flexibility index (Phi) is 3.00. The molecular weight excluding hydrogens is 206 g/mol. The van der Waals surface area contributed by atoms with Gasteiger partial charge < -0.3 is 4.90 Å². The van der Waals surface area contributed by atoms with Crippen molar-refractivity contribution in [1.29, 1.82) is 0 Å². The van der Waals surface area contributed by atoms with E-state index in [9.17, 15) is 4.79 Å². The van der Waals surface area contributed by atoms with Crippen LogP contribution in [0.5, 0.6) is 0 Å². The molecule has 1 heterocycles. The largest absolute Gasteiger partial charge is 0.323 e. The molecule has 1 aromatic carbocycles. The highest BCUT2D eigenvalue weighted by Crippen LogP contribution is 2.39. The molecule has 80 valence electrons. The van der Waals surface area contributed by atoms with Crippen LogP contribution < -0.4 is 0 Å². The predicted molar refractivity (Wildman–Crippen MR) is 63.6 cm³/mol. The number of rotatable bonds is 2. The van der Waals surface area contributed by atoms with E-state index in [1.807, 2.05) is 23.1 Å². The van der Waals surface area contributed by atoms with E-state index in [1.165, 1.54) is 5.56 Å². The molecule has 0 N–H and O–H groups in total.